The van der Waals surface area contributed by atoms with Gasteiger partial charge in [-0.15, -0.1) is 0 Å². The predicted molar refractivity (Wildman–Crippen MR) is 106 cm³/mol. The molecule has 1 fully saturated rings. The molecule has 0 aliphatic carbocycles. The highest BCUT2D eigenvalue weighted by Crippen LogP contribution is 2.29. The van der Waals surface area contributed by atoms with E-state index in [4.69, 9.17) is 21.6 Å². The van der Waals surface area contributed by atoms with Gasteiger partial charge in [0.2, 0.25) is 5.95 Å². The maximum atomic E-state index is 5.99. The Bertz CT molecular complexity index is 910. The Balaban J connectivity index is 1.75. The Morgan fingerprint density at radius 1 is 1.08 bits per heavy atom. The van der Waals surface area contributed by atoms with Gasteiger partial charge in [0.1, 0.15) is 5.82 Å². The fraction of sp³-hybridized carbons (Fsp3) is 0.421. The van der Waals surface area contributed by atoms with Gasteiger partial charge in [-0.3, -0.25) is 4.68 Å². The second-order valence-corrected chi connectivity index (χ2v) is 7.80. The summed E-state index contributed by atoms with van der Waals surface area (Å²) in [5.41, 5.74) is 1.77. The summed E-state index contributed by atoms with van der Waals surface area (Å²) in [7, 11) is 1.91. The summed E-state index contributed by atoms with van der Waals surface area (Å²) in [6.07, 6.45) is 3.05. The van der Waals surface area contributed by atoms with Crippen LogP contribution in [-0.4, -0.2) is 32.8 Å². The van der Waals surface area contributed by atoms with E-state index in [1.807, 2.05) is 31.3 Å². The molecule has 6 nitrogen and oxygen atoms in total. The summed E-state index contributed by atoms with van der Waals surface area (Å²) in [4.78, 5) is 11.9. The van der Waals surface area contributed by atoms with Gasteiger partial charge in [-0.2, -0.15) is 15.1 Å². The fourth-order valence-corrected chi connectivity index (χ4v) is 3.87. The molecule has 1 aliphatic rings. The highest BCUT2D eigenvalue weighted by Gasteiger charge is 2.25. The zero-order valence-electron chi connectivity index (χ0n) is 15.3. The third kappa shape index (κ3) is 3.33. The number of nitrogens with one attached hydrogen (secondary N) is 1. The zero-order chi connectivity index (χ0) is 18.3. The maximum Gasteiger partial charge on any atom is 0.229 e. The molecule has 3 heterocycles. The van der Waals surface area contributed by atoms with Gasteiger partial charge in [-0.25, -0.2) is 0 Å². The van der Waals surface area contributed by atoms with E-state index in [0.29, 0.717) is 16.9 Å². The lowest BCUT2D eigenvalue weighted by Gasteiger charge is -2.35. The van der Waals surface area contributed by atoms with Crippen LogP contribution in [0.5, 0.6) is 0 Å². The standard InChI is InChI=1S/C19H23ClN6/c1-12-8-13(2)11-26(10-12)19-23-17(16-9-21-25(3)18(16)24-19)22-15-6-4-14(20)5-7-15/h4-7,9,12-13H,8,10-11H2,1-3H3,(H,22,23,24)/t12-,13-/m0/s1. The van der Waals surface area contributed by atoms with E-state index in [2.05, 4.69) is 29.2 Å². The summed E-state index contributed by atoms with van der Waals surface area (Å²) in [6.45, 7) is 6.54. The Morgan fingerprint density at radius 3 is 2.46 bits per heavy atom. The molecule has 3 aromatic rings. The lowest BCUT2D eigenvalue weighted by Crippen LogP contribution is -2.39. The smallest absolute Gasteiger partial charge is 0.229 e. The van der Waals surface area contributed by atoms with Crippen molar-refractivity contribution in [1.82, 2.24) is 19.7 Å². The zero-order valence-corrected chi connectivity index (χ0v) is 16.0. The molecular formula is C19H23ClN6. The van der Waals surface area contributed by atoms with Gasteiger partial charge < -0.3 is 10.2 Å². The van der Waals surface area contributed by atoms with Crippen LogP contribution in [0.2, 0.25) is 5.02 Å². The number of nitrogens with zero attached hydrogens (tertiary/aromatic N) is 5. The number of benzene rings is 1. The van der Waals surface area contributed by atoms with Crippen molar-refractivity contribution in [2.75, 3.05) is 23.3 Å². The molecule has 0 saturated carbocycles. The molecule has 4 rings (SSSR count). The largest absolute Gasteiger partial charge is 0.340 e. The summed E-state index contributed by atoms with van der Waals surface area (Å²) in [5, 5.41) is 9.38. The van der Waals surface area contributed by atoms with Crippen molar-refractivity contribution in [1.29, 1.82) is 0 Å². The number of aromatic nitrogens is 4. The minimum atomic E-state index is 0.636. The van der Waals surface area contributed by atoms with Gasteiger partial charge in [-0.05, 0) is 42.5 Å². The number of fused-ring (bicyclic) bond motifs is 1. The maximum absolute atomic E-state index is 5.99. The first-order valence-corrected chi connectivity index (χ1v) is 9.34. The molecule has 0 amide bonds. The van der Waals surface area contributed by atoms with Crippen molar-refractivity contribution in [2.45, 2.75) is 20.3 Å². The van der Waals surface area contributed by atoms with Crippen LogP contribution in [-0.2, 0) is 7.05 Å². The molecule has 1 N–H and O–H groups in total. The predicted octanol–water partition coefficient (Wildman–Crippen LogP) is 4.24. The van der Waals surface area contributed by atoms with Gasteiger partial charge in [-0.1, -0.05) is 25.4 Å². The van der Waals surface area contributed by atoms with Crippen molar-refractivity contribution >= 4 is 40.1 Å². The highest BCUT2D eigenvalue weighted by atomic mass is 35.5. The fourth-order valence-electron chi connectivity index (χ4n) is 3.74. The highest BCUT2D eigenvalue weighted by molar-refractivity contribution is 6.30. The normalized spacial score (nSPS) is 20.5. The van der Waals surface area contributed by atoms with E-state index in [1.54, 1.807) is 10.9 Å². The molecule has 1 aliphatic heterocycles. The number of hydrogen-bond donors (Lipinski definition) is 1. The molecular weight excluding hydrogens is 348 g/mol. The number of rotatable bonds is 3. The van der Waals surface area contributed by atoms with Crippen molar-refractivity contribution in [3.63, 3.8) is 0 Å². The third-order valence-corrected chi connectivity index (χ3v) is 5.09. The van der Waals surface area contributed by atoms with Crippen LogP contribution in [0.25, 0.3) is 11.0 Å². The average molecular weight is 371 g/mol. The van der Waals surface area contributed by atoms with Crippen molar-refractivity contribution in [3.05, 3.63) is 35.5 Å². The quantitative estimate of drug-likeness (QED) is 0.747. The van der Waals surface area contributed by atoms with Gasteiger partial charge in [0, 0.05) is 30.8 Å². The van der Waals surface area contributed by atoms with Gasteiger partial charge >= 0.3 is 0 Å². The Hall–Kier alpha value is -2.34. The summed E-state index contributed by atoms with van der Waals surface area (Å²) < 4.78 is 1.80. The van der Waals surface area contributed by atoms with E-state index < -0.39 is 0 Å². The summed E-state index contributed by atoms with van der Waals surface area (Å²) in [5.74, 6) is 2.80. The summed E-state index contributed by atoms with van der Waals surface area (Å²) >= 11 is 5.99. The number of hydrogen-bond acceptors (Lipinski definition) is 5. The van der Waals surface area contributed by atoms with Crippen molar-refractivity contribution in [2.24, 2.45) is 18.9 Å². The minimum absolute atomic E-state index is 0.636. The van der Waals surface area contributed by atoms with Gasteiger partial charge in [0.25, 0.3) is 0 Å². The van der Waals surface area contributed by atoms with E-state index in [1.165, 1.54) is 6.42 Å². The van der Waals surface area contributed by atoms with Crippen LogP contribution in [0, 0.1) is 11.8 Å². The average Bonchev–Trinajstić information content (AvgIpc) is 2.97. The monoisotopic (exact) mass is 370 g/mol. The second kappa shape index (κ2) is 6.76. The molecule has 1 aromatic carbocycles. The van der Waals surface area contributed by atoms with E-state index in [-0.39, 0.29) is 0 Å². The molecule has 136 valence electrons. The molecule has 7 heteroatoms. The first kappa shape index (κ1) is 17.1. The molecule has 26 heavy (non-hydrogen) atoms. The number of halogens is 1. The van der Waals surface area contributed by atoms with Gasteiger partial charge in [0.05, 0.1) is 11.6 Å². The second-order valence-electron chi connectivity index (χ2n) is 7.36. The Morgan fingerprint density at radius 2 is 1.77 bits per heavy atom. The Kier molecular flexibility index (Phi) is 4.44. The third-order valence-electron chi connectivity index (χ3n) is 4.84. The molecule has 0 radical (unpaired) electrons. The van der Waals surface area contributed by atoms with Crippen LogP contribution < -0.4 is 10.2 Å². The van der Waals surface area contributed by atoms with Crippen LogP contribution in [0.15, 0.2) is 30.5 Å². The van der Waals surface area contributed by atoms with E-state index >= 15 is 0 Å². The van der Waals surface area contributed by atoms with Crippen molar-refractivity contribution < 1.29 is 0 Å². The first-order chi connectivity index (χ1) is 12.5. The molecule has 0 unspecified atom stereocenters. The number of aryl methyl sites for hydroxylation is 1. The van der Waals surface area contributed by atoms with Crippen LogP contribution in [0.4, 0.5) is 17.5 Å². The summed E-state index contributed by atoms with van der Waals surface area (Å²) in [6, 6.07) is 7.61. The Labute approximate surface area is 158 Å². The molecule has 0 bridgehead atoms. The van der Waals surface area contributed by atoms with Crippen LogP contribution in [0.3, 0.4) is 0 Å². The first-order valence-electron chi connectivity index (χ1n) is 8.97. The minimum Gasteiger partial charge on any atom is -0.340 e. The molecule has 2 atom stereocenters. The SMILES string of the molecule is C[C@H]1C[C@H](C)CN(c2nc(Nc3ccc(Cl)cc3)c3cnn(C)c3n2)C1. The van der Waals surface area contributed by atoms with E-state index in [0.717, 1.165) is 41.6 Å². The van der Waals surface area contributed by atoms with Crippen LogP contribution in [0.1, 0.15) is 20.3 Å². The lowest BCUT2D eigenvalue weighted by atomic mass is 9.92. The lowest BCUT2D eigenvalue weighted by molar-refractivity contribution is 0.354. The van der Waals surface area contributed by atoms with Crippen LogP contribution >= 0.6 is 11.6 Å². The molecule has 2 aromatic heterocycles. The van der Waals surface area contributed by atoms with E-state index in [9.17, 15) is 0 Å². The number of anilines is 3. The number of piperidine rings is 1. The molecule has 0 spiro atoms. The molecule has 1 saturated heterocycles. The van der Waals surface area contributed by atoms with Crippen molar-refractivity contribution in [3.8, 4) is 0 Å². The van der Waals surface area contributed by atoms with Gasteiger partial charge in [0.15, 0.2) is 5.65 Å². The topological polar surface area (TPSA) is 58.9 Å².